The van der Waals surface area contributed by atoms with E-state index in [1.54, 1.807) is 13.1 Å². The summed E-state index contributed by atoms with van der Waals surface area (Å²) in [4.78, 5) is 23.2. The molecule has 0 atom stereocenters. The number of fused-ring (bicyclic) bond motifs is 2. The van der Waals surface area contributed by atoms with Crippen molar-refractivity contribution in [1.82, 2.24) is 15.0 Å². The van der Waals surface area contributed by atoms with E-state index in [0.717, 1.165) is 12.3 Å². The number of H-pyrrole nitrogens is 1. The number of aldehydes is 1. The van der Waals surface area contributed by atoms with E-state index in [0.29, 0.717) is 22.9 Å². The third kappa shape index (κ3) is 4.90. The van der Waals surface area contributed by atoms with Crippen LogP contribution in [0.2, 0.25) is 0 Å². The zero-order valence-electron chi connectivity index (χ0n) is 22.2. The van der Waals surface area contributed by atoms with Gasteiger partial charge in [-0.2, -0.15) is 21.6 Å². The number of nitrogens with zero attached hydrogens (tertiary/aromatic N) is 2. The number of benzene rings is 3. The van der Waals surface area contributed by atoms with Crippen LogP contribution in [0.1, 0.15) is 10.4 Å². The molecule has 0 radical (unpaired) electrons. The molecular weight excluding hydrogens is 611 g/mol. The lowest BCUT2D eigenvalue weighted by Gasteiger charge is -2.13. The second-order valence-electron chi connectivity index (χ2n) is 9.39. The lowest BCUT2D eigenvalue weighted by atomic mass is 10.0. The van der Waals surface area contributed by atoms with Crippen LogP contribution >= 0.6 is 0 Å². The summed E-state index contributed by atoms with van der Waals surface area (Å²) in [7, 11) is -4.58. The number of hydrogen-bond donors (Lipinski definition) is 2. The molecule has 0 saturated carbocycles. The van der Waals surface area contributed by atoms with Crippen LogP contribution in [0.15, 0.2) is 71.3 Å². The lowest BCUT2D eigenvalue weighted by Crippen LogP contribution is -2.28. The number of carbonyl (C=O) groups excluding carboxylic acids is 1. The Bertz CT molecular complexity index is 2190. The van der Waals surface area contributed by atoms with Crippen LogP contribution in [-0.4, -0.2) is 42.2 Å². The van der Waals surface area contributed by atoms with Gasteiger partial charge in [-0.3, -0.25) is 4.79 Å². The number of aromatic amines is 1. The molecule has 0 aliphatic rings. The zero-order valence-corrected chi connectivity index (χ0v) is 23.0. The maximum absolute atomic E-state index is 14.5. The Balaban J connectivity index is 1.56. The fourth-order valence-corrected chi connectivity index (χ4v) is 5.08. The highest BCUT2D eigenvalue weighted by atomic mass is 32.2. The molecule has 6 rings (SSSR count). The summed E-state index contributed by atoms with van der Waals surface area (Å²) in [5.74, 6) is -1.98. The zero-order chi connectivity index (χ0) is 31.4. The van der Waals surface area contributed by atoms with Crippen LogP contribution in [0.5, 0.6) is 5.88 Å². The summed E-state index contributed by atoms with van der Waals surface area (Å²) in [5.41, 5.74) is -4.56. The molecule has 0 bridgehead atoms. The topological polar surface area (TPSA) is 127 Å². The van der Waals surface area contributed by atoms with Gasteiger partial charge in [0.25, 0.3) is 5.88 Å². The maximum Gasteiger partial charge on any atom is 0.534 e. The number of carbonyl (C=O) groups is 1. The normalized spacial score (nSPS) is 12.1. The summed E-state index contributed by atoms with van der Waals surface area (Å²) in [6.45, 7) is 0. The van der Waals surface area contributed by atoms with Gasteiger partial charge in [0.2, 0.25) is 0 Å². The largest absolute Gasteiger partial charge is 0.534 e. The van der Waals surface area contributed by atoms with Gasteiger partial charge in [-0.15, -0.1) is 0 Å². The molecule has 0 aliphatic carbocycles. The summed E-state index contributed by atoms with van der Waals surface area (Å²) < 4.78 is 102. The number of anilines is 1. The standard InChI is InChI=1S/C29H17F5N4O5S/c1-35-22-11-25-16(19(13-39)27(42-25)14-5-7-15(30)8-6-14)9-18(22)24-12-36-28(43-44(40,41)29(32,33)34)26(38-24)23-10-17-20(31)3-2-4-21(17)37-23/h2-13,35,37H,1H3. The van der Waals surface area contributed by atoms with Crippen molar-refractivity contribution < 1.29 is 43.8 Å². The molecule has 0 saturated heterocycles. The minimum atomic E-state index is -6.15. The van der Waals surface area contributed by atoms with Gasteiger partial charge in [-0.1, -0.05) is 6.07 Å². The highest BCUT2D eigenvalue weighted by Gasteiger charge is 2.49. The van der Waals surface area contributed by atoms with Crippen molar-refractivity contribution in [3.8, 4) is 39.8 Å². The summed E-state index contributed by atoms with van der Waals surface area (Å²) in [6.07, 6.45) is 1.54. The van der Waals surface area contributed by atoms with Gasteiger partial charge in [0, 0.05) is 46.2 Å². The minimum Gasteiger partial charge on any atom is -0.455 e. The Morgan fingerprint density at radius 3 is 2.43 bits per heavy atom. The first kappa shape index (κ1) is 28.8. The first-order valence-electron chi connectivity index (χ1n) is 12.6. The molecule has 9 nitrogen and oxygen atoms in total. The number of alkyl halides is 3. The predicted molar refractivity (Wildman–Crippen MR) is 150 cm³/mol. The molecular formula is C29H17F5N4O5S. The van der Waals surface area contributed by atoms with Crippen LogP contribution in [0.3, 0.4) is 0 Å². The van der Waals surface area contributed by atoms with E-state index in [4.69, 9.17) is 4.42 Å². The van der Waals surface area contributed by atoms with Gasteiger partial charge in [0.05, 0.1) is 23.1 Å². The lowest BCUT2D eigenvalue weighted by molar-refractivity contribution is -0.0501. The molecule has 3 aromatic heterocycles. The average molecular weight is 629 g/mol. The highest BCUT2D eigenvalue weighted by molar-refractivity contribution is 7.88. The van der Waals surface area contributed by atoms with E-state index >= 15 is 0 Å². The Morgan fingerprint density at radius 1 is 1.02 bits per heavy atom. The monoisotopic (exact) mass is 628 g/mol. The van der Waals surface area contributed by atoms with Crippen LogP contribution in [0, 0.1) is 11.6 Å². The SMILES string of the molecule is CNc1cc2oc(-c3ccc(F)cc3)c(C=O)c2cc1-c1cnc(OS(=O)(=O)C(F)(F)F)c(-c2cc3c(F)cccc3[nH]2)n1. The van der Waals surface area contributed by atoms with Gasteiger partial charge in [0.1, 0.15) is 23.0 Å². The molecule has 2 N–H and O–H groups in total. The number of aromatic nitrogens is 3. The van der Waals surface area contributed by atoms with Crippen molar-refractivity contribution in [2.24, 2.45) is 0 Å². The second kappa shape index (κ2) is 10.4. The molecule has 15 heteroatoms. The third-order valence-corrected chi connectivity index (χ3v) is 7.66. The van der Waals surface area contributed by atoms with Crippen molar-refractivity contribution in [3.05, 3.63) is 84.1 Å². The molecule has 0 aliphatic heterocycles. The molecule has 44 heavy (non-hydrogen) atoms. The Morgan fingerprint density at radius 2 is 1.77 bits per heavy atom. The third-order valence-electron chi connectivity index (χ3n) is 6.71. The molecule has 3 heterocycles. The maximum atomic E-state index is 14.5. The first-order valence-corrected chi connectivity index (χ1v) is 14.0. The average Bonchev–Trinajstić information content (AvgIpc) is 3.58. The van der Waals surface area contributed by atoms with E-state index in [9.17, 15) is 35.2 Å². The molecule has 0 amide bonds. The summed E-state index contributed by atoms with van der Waals surface area (Å²) in [5, 5.41) is 3.32. The fourth-order valence-electron chi connectivity index (χ4n) is 4.65. The minimum absolute atomic E-state index is 0.0171. The van der Waals surface area contributed by atoms with Gasteiger partial charge >= 0.3 is 15.6 Å². The van der Waals surface area contributed by atoms with Crippen molar-refractivity contribution in [3.63, 3.8) is 0 Å². The number of furan rings is 1. The summed E-state index contributed by atoms with van der Waals surface area (Å²) in [6, 6.07) is 13.6. The van der Waals surface area contributed by atoms with E-state index in [1.165, 1.54) is 48.5 Å². The molecule has 0 unspecified atom stereocenters. The molecule has 6 aromatic rings. The molecule has 0 spiro atoms. The van der Waals surface area contributed by atoms with Crippen LogP contribution < -0.4 is 9.50 Å². The van der Waals surface area contributed by atoms with E-state index in [1.807, 2.05) is 0 Å². The van der Waals surface area contributed by atoms with Crippen LogP contribution in [0.4, 0.5) is 27.6 Å². The number of hydrogen-bond acceptors (Lipinski definition) is 8. The van der Waals surface area contributed by atoms with Gasteiger partial charge in [0.15, 0.2) is 12.0 Å². The van der Waals surface area contributed by atoms with Crippen molar-refractivity contribution in [2.75, 3.05) is 12.4 Å². The Hall–Kier alpha value is -5.31. The van der Waals surface area contributed by atoms with Crippen molar-refractivity contribution in [2.45, 2.75) is 5.51 Å². The fraction of sp³-hybridized carbons (Fsp3) is 0.0690. The van der Waals surface area contributed by atoms with Crippen molar-refractivity contribution in [1.29, 1.82) is 0 Å². The molecule has 3 aromatic carbocycles. The second-order valence-corrected chi connectivity index (χ2v) is 10.9. The van der Waals surface area contributed by atoms with Crippen LogP contribution in [-0.2, 0) is 10.1 Å². The Kier molecular flexibility index (Phi) is 6.84. The first-order chi connectivity index (χ1) is 20.9. The smallest absolute Gasteiger partial charge is 0.455 e. The Labute approximate surface area is 244 Å². The quantitative estimate of drug-likeness (QED) is 0.0832. The number of rotatable bonds is 7. The van der Waals surface area contributed by atoms with Gasteiger partial charge < -0.3 is 18.9 Å². The number of nitrogens with one attached hydrogen (secondary N) is 2. The van der Waals surface area contributed by atoms with Crippen molar-refractivity contribution >= 4 is 44.0 Å². The van der Waals surface area contributed by atoms with Crippen LogP contribution in [0.25, 0.3) is 55.8 Å². The number of halogens is 5. The predicted octanol–water partition coefficient (Wildman–Crippen LogP) is 7.07. The molecule has 0 fully saturated rings. The van der Waals surface area contributed by atoms with E-state index in [2.05, 4.69) is 24.5 Å². The van der Waals surface area contributed by atoms with E-state index < -0.39 is 38.8 Å². The van der Waals surface area contributed by atoms with Gasteiger partial charge in [-0.25, -0.2) is 18.7 Å². The van der Waals surface area contributed by atoms with Gasteiger partial charge in [-0.05, 0) is 48.5 Å². The highest BCUT2D eigenvalue weighted by Crippen LogP contribution is 2.40. The summed E-state index contributed by atoms with van der Waals surface area (Å²) >= 11 is 0. The molecule has 224 valence electrons. The van der Waals surface area contributed by atoms with E-state index in [-0.39, 0.29) is 44.8 Å².